The minimum atomic E-state index is -2.15. The van der Waals surface area contributed by atoms with Crippen LogP contribution >= 0.6 is 0 Å². The fourth-order valence-corrected chi connectivity index (χ4v) is 1.67. The van der Waals surface area contributed by atoms with E-state index in [1.54, 1.807) is 0 Å². The standard InChI is InChI=1S/C8H15F2N/c1-8(5-7(9)10)3-2-4-11-6-8/h7,11H,2-6H2,1H3. The van der Waals surface area contributed by atoms with Crippen LogP contribution in [-0.2, 0) is 0 Å². The summed E-state index contributed by atoms with van der Waals surface area (Å²) in [5, 5.41) is 3.15. The van der Waals surface area contributed by atoms with E-state index in [1.807, 2.05) is 6.92 Å². The maximum absolute atomic E-state index is 12.0. The van der Waals surface area contributed by atoms with E-state index in [0.717, 1.165) is 25.9 Å². The molecule has 1 aliphatic rings. The van der Waals surface area contributed by atoms with Crippen LogP contribution in [0.5, 0.6) is 0 Å². The highest BCUT2D eigenvalue weighted by Gasteiger charge is 2.29. The third kappa shape index (κ3) is 2.73. The summed E-state index contributed by atoms with van der Waals surface area (Å²) in [5.74, 6) is 0. The summed E-state index contributed by atoms with van der Waals surface area (Å²) in [6, 6.07) is 0. The molecular weight excluding hydrogens is 148 g/mol. The van der Waals surface area contributed by atoms with Crippen LogP contribution in [0.2, 0.25) is 0 Å². The van der Waals surface area contributed by atoms with E-state index < -0.39 is 6.43 Å². The molecule has 0 amide bonds. The van der Waals surface area contributed by atoms with Crippen LogP contribution in [0, 0.1) is 5.41 Å². The van der Waals surface area contributed by atoms with E-state index in [9.17, 15) is 8.78 Å². The summed E-state index contributed by atoms with van der Waals surface area (Å²) in [4.78, 5) is 0. The van der Waals surface area contributed by atoms with Crippen LogP contribution in [0.15, 0.2) is 0 Å². The van der Waals surface area contributed by atoms with Gasteiger partial charge >= 0.3 is 0 Å². The van der Waals surface area contributed by atoms with Crippen molar-refractivity contribution in [2.75, 3.05) is 13.1 Å². The van der Waals surface area contributed by atoms with E-state index in [2.05, 4.69) is 5.32 Å². The largest absolute Gasteiger partial charge is 0.316 e. The molecule has 1 atom stereocenters. The number of alkyl halides is 2. The molecular formula is C8H15F2N. The molecule has 1 aliphatic heterocycles. The van der Waals surface area contributed by atoms with Crippen molar-refractivity contribution in [2.45, 2.75) is 32.6 Å². The topological polar surface area (TPSA) is 12.0 Å². The number of rotatable bonds is 2. The van der Waals surface area contributed by atoms with Crippen LogP contribution in [0.25, 0.3) is 0 Å². The molecule has 1 heterocycles. The molecule has 1 N–H and O–H groups in total. The summed E-state index contributed by atoms with van der Waals surface area (Å²) >= 11 is 0. The van der Waals surface area contributed by atoms with E-state index in [0.29, 0.717) is 0 Å². The number of halogens is 2. The van der Waals surface area contributed by atoms with Crippen LogP contribution in [0.1, 0.15) is 26.2 Å². The van der Waals surface area contributed by atoms with Gasteiger partial charge in [0, 0.05) is 13.0 Å². The molecule has 11 heavy (non-hydrogen) atoms. The van der Waals surface area contributed by atoms with Crippen molar-refractivity contribution in [3.63, 3.8) is 0 Å². The van der Waals surface area contributed by atoms with E-state index in [4.69, 9.17) is 0 Å². The molecule has 0 aromatic carbocycles. The first-order chi connectivity index (χ1) is 5.12. The molecule has 0 saturated carbocycles. The van der Waals surface area contributed by atoms with Crippen LogP contribution in [0.3, 0.4) is 0 Å². The minimum absolute atomic E-state index is 0.0417. The highest BCUT2D eigenvalue weighted by atomic mass is 19.3. The Morgan fingerprint density at radius 3 is 2.73 bits per heavy atom. The maximum Gasteiger partial charge on any atom is 0.239 e. The first kappa shape index (κ1) is 8.91. The van der Waals surface area contributed by atoms with Gasteiger partial charge in [0.25, 0.3) is 0 Å². The van der Waals surface area contributed by atoms with E-state index >= 15 is 0 Å². The average molecular weight is 163 g/mol. The third-order valence-electron chi connectivity index (χ3n) is 2.33. The first-order valence-corrected chi connectivity index (χ1v) is 4.11. The predicted molar refractivity (Wildman–Crippen MR) is 40.8 cm³/mol. The lowest BCUT2D eigenvalue weighted by Gasteiger charge is -2.33. The molecule has 1 unspecified atom stereocenters. The Morgan fingerprint density at radius 2 is 2.27 bits per heavy atom. The van der Waals surface area contributed by atoms with Crippen molar-refractivity contribution >= 4 is 0 Å². The van der Waals surface area contributed by atoms with Gasteiger partial charge in [0.1, 0.15) is 0 Å². The monoisotopic (exact) mass is 163 g/mol. The van der Waals surface area contributed by atoms with Crippen LogP contribution in [0.4, 0.5) is 8.78 Å². The smallest absolute Gasteiger partial charge is 0.239 e. The van der Waals surface area contributed by atoms with E-state index in [-0.39, 0.29) is 11.8 Å². The highest BCUT2D eigenvalue weighted by molar-refractivity contribution is 4.81. The van der Waals surface area contributed by atoms with Crippen molar-refractivity contribution in [1.29, 1.82) is 0 Å². The molecule has 1 saturated heterocycles. The van der Waals surface area contributed by atoms with Gasteiger partial charge in [0.2, 0.25) is 6.43 Å². The second-order valence-electron chi connectivity index (χ2n) is 3.69. The summed E-state index contributed by atoms with van der Waals surface area (Å²) in [7, 11) is 0. The summed E-state index contributed by atoms with van der Waals surface area (Å²) in [5.41, 5.74) is -0.160. The molecule has 0 aliphatic carbocycles. The second kappa shape index (κ2) is 3.48. The van der Waals surface area contributed by atoms with Gasteiger partial charge in [0.05, 0.1) is 0 Å². The number of piperidine rings is 1. The summed E-state index contributed by atoms with van der Waals surface area (Å²) in [6.07, 6.45) is -0.145. The van der Waals surface area contributed by atoms with Crippen molar-refractivity contribution in [3.8, 4) is 0 Å². The lowest BCUT2D eigenvalue weighted by Crippen LogP contribution is -2.39. The van der Waals surface area contributed by atoms with Gasteiger partial charge in [-0.05, 0) is 24.8 Å². The maximum atomic E-state index is 12.0. The van der Waals surface area contributed by atoms with Crippen LogP contribution < -0.4 is 5.32 Å². The zero-order valence-corrected chi connectivity index (χ0v) is 6.87. The Morgan fingerprint density at radius 1 is 1.55 bits per heavy atom. The summed E-state index contributed by atoms with van der Waals surface area (Å²) in [6.45, 7) is 3.67. The zero-order chi connectivity index (χ0) is 8.32. The summed E-state index contributed by atoms with van der Waals surface area (Å²) < 4.78 is 24.1. The van der Waals surface area contributed by atoms with Crippen molar-refractivity contribution in [1.82, 2.24) is 5.32 Å². The van der Waals surface area contributed by atoms with Crippen molar-refractivity contribution < 1.29 is 8.78 Å². The molecule has 1 nitrogen and oxygen atoms in total. The molecule has 66 valence electrons. The lowest BCUT2D eigenvalue weighted by molar-refractivity contribution is 0.0663. The number of nitrogens with one attached hydrogen (secondary N) is 1. The fraction of sp³-hybridized carbons (Fsp3) is 1.00. The van der Waals surface area contributed by atoms with Gasteiger partial charge < -0.3 is 5.32 Å². The fourth-order valence-electron chi connectivity index (χ4n) is 1.67. The number of hydrogen-bond acceptors (Lipinski definition) is 1. The normalized spacial score (nSPS) is 32.7. The molecule has 1 rings (SSSR count). The molecule has 0 spiro atoms. The van der Waals surface area contributed by atoms with Gasteiger partial charge in [-0.1, -0.05) is 6.92 Å². The van der Waals surface area contributed by atoms with Crippen molar-refractivity contribution in [2.24, 2.45) is 5.41 Å². The van der Waals surface area contributed by atoms with Crippen molar-refractivity contribution in [3.05, 3.63) is 0 Å². The minimum Gasteiger partial charge on any atom is -0.316 e. The zero-order valence-electron chi connectivity index (χ0n) is 6.87. The Hall–Kier alpha value is -0.180. The molecule has 0 radical (unpaired) electrons. The highest BCUT2D eigenvalue weighted by Crippen LogP contribution is 2.31. The molecule has 0 bridgehead atoms. The molecule has 1 fully saturated rings. The Kier molecular flexibility index (Phi) is 2.82. The Balaban J connectivity index is 2.37. The molecule has 0 aromatic heterocycles. The second-order valence-corrected chi connectivity index (χ2v) is 3.69. The van der Waals surface area contributed by atoms with Gasteiger partial charge in [-0.25, -0.2) is 8.78 Å². The van der Waals surface area contributed by atoms with Gasteiger partial charge in [-0.2, -0.15) is 0 Å². The Labute approximate surface area is 66.2 Å². The SMILES string of the molecule is CC1(CC(F)F)CCCNC1. The molecule has 0 aromatic rings. The molecule has 3 heteroatoms. The van der Waals surface area contributed by atoms with Gasteiger partial charge in [-0.3, -0.25) is 0 Å². The third-order valence-corrected chi connectivity index (χ3v) is 2.33. The number of hydrogen-bond donors (Lipinski definition) is 1. The lowest BCUT2D eigenvalue weighted by atomic mass is 9.80. The van der Waals surface area contributed by atoms with Gasteiger partial charge in [-0.15, -0.1) is 0 Å². The van der Waals surface area contributed by atoms with Crippen LogP contribution in [-0.4, -0.2) is 19.5 Å². The average Bonchev–Trinajstić information content (AvgIpc) is 1.85. The van der Waals surface area contributed by atoms with E-state index in [1.165, 1.54) is 0 Å². The quantitative estimate of drug-likeness (QED) is 0.656. The first-order valence-electron chi connectivity index (χ1n) is 4.11. The Bertz CT molecular complexity index is 119. The predicted octanol–water partition coefficient (Wildman–Crippen LogP) is 2.03. The van der Waals surface area contributed by atoms with Gasteiger partial charge in [0.15, 0.2) is 0 Å².